The van der Waals surface area contributed by atoms with Crippen LogP contribution in [0.5, 0.6) is 0 Å². The molecule has 0 radical (unpaired) electrons. The van der Waals surface area contributed by atoms with Gasteiger partial charge in [-0.2, -0.15) is 0 Å². The molecule has 1 atom stereocenters. The lowest BCUT2D eigenvalue weighted by molar-refractivity contribution is 0.0739. The molecule has 1 fully saturated rings. The minimum absolute atomic E-state index is 0.378. The van der Waals surface area contributed by atoms with E-state index in [1.54, 1.807) is 0 Å². The Bertz CT molecular complexity index is 185. The molecule has 3 heteroatoms. The lowest BCUT2D eigenvalue weighted by Crippen LogP contribution is -2.38. The third-order valence-electron chi connectivity index (χ3n) is 3.34. The van der Waals surface area contributed by atoms with Gasteiger partial charge in [-0.1, -0.05) is 0 Å². The molecule has 1 aliphatic rings. The van der Waals surface area contributed by atoms with E-state index in [9.17, 15) is 0 Å². The van der Waals surface area contributed by atoms with Crippen molar-refractivity contribution in [1.82, 2.24) is 10.2 Å². The van der Waals surface area contributed by atoms with E-state index in [0.717, 1.165) is 6.61 Å². The number of nitrogens with zero attached hydrogens (tertiary/aromatic N) is 1. The fourth-order valence-corrected chi connectivity index (χ4v) is 2.22. The van der Waals surface area contributed by atoms with E-state index in [1.165, 1.54) is 51.9 Å². The van der Waals surface area contributed by atoms with E-state index in [1.807, 2.05) is 0 Å². The van der Waals surface area contributed by atoms with Crippen LogP contribution in [0.2, 0.25) is 0 Å². The van der Waals surface area contributed by atoms with E-state index in [-0.39, 0.29) is 0 Å². The summed E-state index contributed by atoms with van der Waals surface area (Å²) in [5.74, 6) is 0. The zero-order valence-electron chi connectivity index (χ0n) is 11.9. The summed E-state index contributed by atoms with van der Waals surface area (Å²) >= 11 is 0. The first kappa shape index (κ1) is 14.9. The van der Waals surface area contributed by atoms with Crippen LogP contribution in [-0.4, -0.2) is 49.8 Å². The summed E-state index contributed by atoms with van der Waals surface area (Å²) in [5.41, 5.74) is 0. The average molecular weight is 242 g/mol. The molecule has 1 unspecified atom stereocenters. The minimum Gasteiger partial charge on any atom is -0.379 e. The summed E-state index contributed by atoms with van der Waals surface area (Å²) in [6, 6.07) is 0.682. The van der Waals surface area contributed by atoms with Gasteiger partial charge in [-0.15, -0.1) is 0 Å². The zero-order chi connectivity index (χ0) is 12.5. The Labute approximate surface area is 107 Å². The highest BCUT2D eigenvalue weighted by Gasteiger charge is 2.10. The smallest absolute Gasteiger partial charge is 0.0518 e. The lowest BCUT2D eigenvalue weighted by Gasteiger charge is -2.27. The molecule has 0 amide bonds. The molecule has 3 nitrogen and oxygen atoms in total. The van der Waals surface area contributed by atoms with Crippen molar-refractivity contribution in [2.75, 3.05) is 32.8 Å². The van der Waals surface area contributed by atoms with Gasteiger partial charge in [-0.25, -0.2) is 0 Å². The Hall–Kier alpha value is -0.120. The summed E-state index contributed by atoms with van der Waals surface area (Å²) in [6.45, 7) is 12.3. The molecule has 0 bridgehead atoms. The Balaban J connectivity index is 2.04. The normalized spacial score (nSPS) is 23.6. The van der Waals surface area contributed by atoms with Crippen LogP contribution in [0, 0.1) is 0 Å². The maximum absolute atomic E-state index is 5.56. The van der Waals surface area contributed by atoms with Crippen molar-refractivity contribution in [3.63, 3.8) is 0 Å². The number of unbranched alkanes of at least 4 members (excludes halogenated alkanes) is 1. The molecule has 0 spiro atoms. The summed E-state index contributed by atoms with van der Waals surface area (Å²) in [5, 5.41) is 3.55. The first-order valence-corrected chi connectivity index (χ1v) is 7.26. The first-order chi connectivity index (χ1) is 8.18. The highest BCUT2D eigenvalue weighted by Crippen LogP contribution is 2.04. The van der Waals surface area contributed by atoms with Crippen LogP contribution in [0.1, 0.15) is 46.5 Å². The molecular weight excluding hydrogens is 212 g/mol. The molecule has 1 saturated heterocycles. The van der Waals surface area contributed by atoms with E-state index in [0.29, 0.717) is 12.1 Å². The van der Waals surface area contributed by atoms with E-state index >= 15 is 0 Å². The van der Waals surface area contributed by atoms with E-state index in [2.05, 4.69) is 31.0 Å². The molecule has 1 heterocycles. The van der Waals surface area contributed by atoms with Crippen molar-refractivity contribution in [1.29, 1.82) is 0 Å². The molecule has 1 N–H and O–H groups in total. The molecular formula is C14H30N2O. The maximum atomic E-state index is 5.56. The second-order valence-electron chi connectivity index (χ2n) is 5.47. The van der Waals surface area contributed by atoms with Crippen LogP contribution in [-0.2, 0) is 4.74 Å². The van der Waals surface area contributed by atoms with Gasteiger partial charge >= 0.3 is 0 Å². The second-order valence-corrected chi connectivity index (χ2v) is 5.47. The molecule has 1 rings (SSSR count). The Morgan fingerprint density at radius 3 is 2.88 bits per heavy atom. The van der Waals surface area contributed by atoms with Gasteiger partial charge in [0, 0.05) is 12.6 Å². The fourth-order valence-electron chi connectivity index (χ4n) is 2.22. The van der Waals surface area contributed by atoms with Gasteiger partial charge < -0.3 is 15.0 Å². The molecule has 0 aromatic rings. The van der Waals surface area contributed by atoms with Gasteiger partial charge in [0.25, 0.3) is 0 Å². The number of rotatable bonds is 6. The minimum atomic E-state index is 0.378. The van der Waals surface area contributed by atoms with Crippen molar-refractivity contribution in [2.24, 2.45) is 0 Å². The predicted molar refractivity (Wildman–Crippen MR) is 73.5 cm³/mol. The van der Waals surface area contributed by atoms with Gasteiger partial charge in [0.2, 0.25) is 0 Å². The third kappa shape index (κ3) is 7.74. The van der Waals surface area contributed by atoms with Crippen LogP contribution in [0.3, 0.4) is 0 Å². The van der Waals surface area contributed by atoms with Crippen LogP contribution < -0.4 is 5.32 Å². The first-order valence-electron chi connectivity index (χ1n) is 7.26. The van der Waals surface area contributed by atoms with Gasteiger partial charge in [-0.3, -0.25) is 0 Å². The van der Waals surface area contributed by atoms with Crippen LogP contribution >= 0.6 is 0 Å². The van der Waals surface area contributed by atoms with Gasteiger partial charge in [0.05, 0.1) is 6.10 Å². The van der Waals surface area contributed by atoms with Crippen LogP contribution in [0.4, 0.5) is 0 Å². The number of hydrogen-bond acceptors (Lipinski definition) is 3. The average Bonchev–Trinajstić information content (AvgIpc) is 2.26. The van der Waals surface area contributed by atoms with Gasteiger partial charge in [0.1, 0.15) is 0 Å². The van der Waals surface area contributed by atoms with Gasteiger partial charge in [0.15, 0.2) is 0 Å². The predicted octanol–water partition coefficient (Wildman–Crippen LogP) is 2.27. The van der Waals surface area contributed by atoms with Crippen molar-refractivity contribution in [2.45, 2.75) is 58.6 Å². The van der Waals surface area contributed by atoms with Crippen LogP contribution in [0.15, 0.2) is 0 Å². The quantitative estimate of drug-likeness (QED) is 0.723. The Morgan fingerprint density at radius 1 is 1.29 bits per heavy atom. The second kappa shape index (κ2) is 8.90. The monoisotopic (exact) mass is 242 g/mol. The molecule has 0 aromatic heterocycles. The van der Waals surface area contributed by atoms with Crippen molar-refractivity contribution in [3.8, 4) is 0 Å². The summed E-state index contributed by atoms with van der Waals surface area (Å²) < 4.78 is 5.56. The number of hydrogen-bond donors (Lipinski definition) is 1. The Kier molecular flexibility index (Phi) is 7.82. The highest BCUT2D eigenvalue weighted by molar-refractivity contribution is 4.69. The summed E-state index contributed by atoms with van der Waals surface area (Å²) in [7, 11) is 0. The van der Waals surface area contributed by atoms with E-state index in [4.69, 9.17) is 4.74 Å². The van der Waals surface area contributed by atoms with Crippen molar-refractivity contribution < 1.29 is 4.74 Å². The van der Waals surface area contributed by atoms with Crippen molar-refractivity contribution >= 4 is 0 Å². The standard InChI is InChI=1S/C14H30N2O/c1-13(2)17-12-5-4-9-16-10-6-8-15-14(3)7-11-16/h13-15H,4-12H2,1-3H3. The summed E-state index contributed by atoms with van der Waals surface area (Å²) in [6.07, 6.45) is 5.41. The van der Waals surface area contributed by atoms with E-state index < -0.39 is 0 Å². The fraction of sp³-hybridized carbons (Fsp3) is 1.00. The molecule has 17 heavy (non-hydrogen) atoms. The topological polar surface area (TPSA) is 24.5 Å². The Morgan fingerprint density at radius 2 is 2.12 bits per heavy atom. The molecule has 1 aliphatic heterocycles. The highest BCUT2D eigenvalue weighted by atomic mass is 16.5. The zero-order valence-corrected chi connectivity index (χ0v) is 11.9. The largest absolute Gasteiger partial charge is 0.379 e. The molecule has 102 valence electrons. The molecule has 0 aliphatic carbocycles. The SMILES string of the molecule is CC1CCN(CCCCOC(C)C)CCCN1. The van der Waals surface area contributed by atoms with Crippen molar-refractivity contribution in [3.05, 3.63) is 0 Å². The number of ether oxygens (including phenoxy) is 1. The molecule has 0 saturated carbocycles. The maximum Gasteiger partial charge on any atom is 0.0518 e. The summed E-state index contributed by atoms with van der Waals surface area (Å²) in [4.78, 5) is 2.62. The third-order valence-corrected chi connectivity index (χ3v) is 3.34. The van der Waals surface area contributed by atoms with Crippen LogP contribution in [0.25, 0.3) is 0 Å². The number of nitrogens with one attached hydrogen (secondary N) is 1. The molecule has 0 aromatic carbocycles. The van der Waals surface area contributed by atoms with Gasteiger partial charge in [-0.05, 0) is 72.6 Å². The lowest BCUT2D eigenvalue weighted by atomic mass is 10.1.